The number of halogens is 1. The molecule has 4 rings (SSSR count). The number of aromatic amines is 1. The second kappa shape index (κ2) is 6.13. The van der Waals surface area contributed by atoms with Crippen LogP contribution in [-0.2, 0) is 0 Å². The predicted molar refractivity (Wildman–Crippen MR) is 96.0 cm³/mol. The molecule has 1 aromatic carbocycles. The standard InChI is InChI=1S/C19H16ClN3O/c20-15-5-3-14(4-6-15)19(24)23-10-7-13(8-11-23)16-12-22-17-2-1-9-21-18(16)17/h1-7,9,12,22H,8,10-11H2. The van der Waals surface area contributed by atoms with Crippen LogP contribution in [-0.4, -0.2) is 33.9 Å². The maximum absolute atomic E-state index is 12.6. The van der Waals surface area contributed by atoms with Gasteiger partial charge >= 0.3 is 0 Å². The number of H-pyrrole nitrogens is 1. The Kier molecular flexibility index (Phi) is 3.82. The van der Waals surface area contributed by atoms with Gasteiger partial charge in [0.2, 0.25) is 0 Å². The van der Waals surface area contributed by atoms with Gasteiger partial charge in [-0.1, -0.05) is 17.7 Å². The van der Waals surface area contributed by atoms with E-state index in [1.165, 1.54) is 5.57 Å². The molecule has 3 heterocycles. The van der Waals surface area contributed by atoms with Crippen LogP contribution in [0.3, 0.4) is 0 Å². The van der Waals surface area contributed by atoms with Crippen LogP contribution in [0.25, 0.3) is 16.6 Å². The molecule has 0 aliphatic carbocycles. The van der Waals surface area contributed by atoms with Gasteiger partial charge in [-0.3, -0.25) is 9.78 Å². The van der Waals surface area contributed by atoms with Crippen molar-refractivity contribution in [1.29, 1.82) is 0 Å². The number of rotatable bonds is 2. The number of nitrogens with one attached hydrogen (secondary N) is 1. The van der Waals surface area contributed by atoms with Crippen molar-refractivity contribution < 1.29 is 4.79 Å². The van der Waals surface area contributed by atoms with Crippen molar-refractivity contribution in [2.45, 2.75) is 6.42 Å². The molecule has 0 saturated carbocycles. The summed E-state index contributed by atoms with van der Waals surface area (Å²) in [5.41, 5.74) is 5.06. The first-order chi connectivity index (χ1) is 11.7. The normalized spacial score (nSPS) is 14.7. The van der Waals surface area contributed by atoms with Crippen molar-refractivity contribution in [2.24, 2.45) is 0 Å². The van der Waals surface area contributed by atoms with Crippen LogP contribution in [0.2, 0.25) is 5.02 Å². The third-order valence-electron chi connectivity index (χ3n) is 4.37. The Morgan fingerprint density at radius 2 is 2.04 bits per heavy atom. The zero-order valence-corrected chi connectivity index (χ0v) is 13.8. The first kappa shape index (κ1) is 15.0. The maximum Gasteiger partial charge on any atom is 0.254 e. The highest BCUT2D eigenvalue weighted by molar-refractivity contribution is 6.30. The fraction of sp³-hybridized carbons (Fsp3) is 0.158. The first-order valence-electron chi connectivity index (χ1n) is 7.89. The Labute approximate surface area is 144 Å². The third kappa shape index (κ3) is 2.69. The van der Waals surface area contributed by atoms with E-state index in [0.717, 1.165) is 23.0 Å². The quantitative estimate of drug-likeness (QED) is 0.763. The number of hydrogen-bond acceptors (Lipinski definition) is 2. The van der Waals surface area contributed by atoms with Gasteiger partial charge in [-0.2, -0.15) is 0 Å². The Balaban J connectivity index is 1.55. The molecule has 4 nitrogen and oxygen atoms in total. The van der Waals surface area contributed by atoms with Crippen molar-refractivity contribution in [3.05, 3.63) is 71.0 Å². The number of aromatic nitrogens is 2. The number of fused-ring (bicyclic) bond motifs is 1. The summed E-state index contributed by atoms with van der Waals surface area (Å²) in [6.45, 7) is 1.31. The van der Waals surface area contributed by atoms with Crippen LogP contribution >= 0.6 is 11.6 Å². The van der Waals surface area contributed by atoms with Gasteiger partial charge < -0.3 is 9.88 Å². The molecule has 3 aromatic rings. The number of carbonyl (C=O) groups excluding carboxylic acids is 1. The first-order valence-corrected chi connectivity index (χ1v) is 8.26. The molecule has 120 valence electrons. The monoisotopic (exact) mass is 337 g/mol. The number of hydrogen-bond donors (Lipinski definition) is 1. The number of amides is 1. The predicted octanol–water partition coefficient (Wildman–Crippen LogP) is 4.15. The van der Waals surface area contributed by atoms with E-state index in [4.69, 9.17) is 11.6 Å². The van der Waals surface area contributed by atoms with E-state index in [0.29, 0.717) is 23.7 Å². The molecule has 5 heteroatoms. The molecule has 0 spiro atoms. The zero-order valence-electron chi connectivity index (χ0n) is 13.0. The van der Waals surface area contributed by atoms with Gasteiger partial charge in [0.05, 0.1) is 11.0 Å². The molecule has 2 aromatic heterocycles. The summed E-state index contributed by atoms with van der Waals surface area (Å²) < 4.78 is 0. The minimum Gasteiger partial charge on any atom is -0.359 e. The number of pyridine rings is 1. The number of carbonyl (C=O) groups is 1. The van der Waals surface area contributed by atoms with Crippen LogP contribution in [0, 0.1) is 0 Å². The van der Waals surface area contributed by atoms with Gasteiger partial charge in [-0.15, -0.1) is 0 Å². The van der Waals surface area contributed by atoms with Crippen molar-refractivity contribution in [3.8, 4) is 0 Å². The molecule has 0 radical (unpaired) electrons. The Morgan fingerprint density at radius 3 is 2.79 bits per heavy atom. The van der Waals surface area contributed by atoms with E-state index in [1.54, 1.807) is 30.5 Å². The second-order valence-electron chi connectivity index (χ2n) is 5.84. The molecule has 0 fully saturated rings. The molecule has 1 aliphatic heterocycles. The SMILES string of the molecule is O=C(c1ccc(Cl)cc1)N1CC=C(c2c[nH]c3cccnc23)CC1. The van der Waals surface area contributed by atoms with E-state index in [1.807, 2.05) is 23.2 Å². The summed E-state index contributed by atoms with van der Waals surface area (Å²) in [5, 5.41) is 0.638. The van der Waals surface area contributed by atoms with Gasteiger partial charge in [0.25, 0.3) is 5.91 Å². The van der Waals surface area contributed by atoms with Crippen molar-refractivity contribution in [2.75, 3.05) is 13.1 Å². The van der Waals surface area contributed by atoms with Crippen molar-refractivity contribution >= 4 is 34.1 Å². The lowest BCUT2D eigenvalue weighted by Crippen LogP contribution is -2.34. The fourth-order valence-electron chi connectivity index (χ4n) is 3.07. The highest BCUT2D eigenvalue weighted by Gasteiger charge is 2.20. The summed E-state index contributed by atoms with van der Waals surface area (Å²) in [4.78, 5) is 22.1. The van der Waals surface area contributed by atoms with Gasteiger partial charge in [0, 0.05) is 41.6 Å². The van der Waals surface area contributed by atoms with Crippen LogP contribution in [0.5, 0.6) is 0 Å². The summed E-state index contributed by atoms with van der Waals surface area (Å²) >= 11 is 5.88. The van der Waals surface area contributed by atoms with E-state index in [2.05, 4.69) is 16.0 Å². The largest absolute Gasteiger partial charge is 0.359 e. The third-order valence-corrected chi connectivity index (χ3v) is 4.62. The highest BCUT2D eigenvalue weighted by atomic mass is 35.5. The zero-order chi connectivity index (χ0) is 16.5. The Bertz CT molecular complexity index is 927. The Morgan fingerprint density at radius 1 is 1.21 bits per heavy atom. The van der Waals surface area contributed by atoms with E-state index in [-0.39, 0.29) is 5.91 Å². The summed E-state index contributed by atoms with van der Waals surface area (Å²) in [6.07, 6.45) is 6.75. The van der Waals surface area contributed by atoms with Gasteiger partial charge in [-0.05, 0) is 48.4 Å². The molecule has 0 atom stereocenters. The summed E-state index contributed by atoms with van der Waals surface area (Å²) in [5.74, 6) is 0.0408. The van der Waals surface area contributed by atoms with E-state index >= 15 is 0 Å². The number of benzene rings is 1. The maximum atomic E-state index is 12.6. The molecule has 0 saturated heterocycles. The van der Waals surface area contributed by atoms with Gasteiger partial charge in [0.1, 0.15) is 0 Å². The lowest BCUT2D eigenvalue weighted by molar-refractivity contribution is 0.0773. The van der Waals surface area contributed by atoms with Crippen LogP contribution < -0.4 is 0 Å². The van der Waals surface area contributed by atoms with E-state index in [9.17, 15) is 4.79 Å². The molecular formula is C19H16ClN3O. The second-order valence-corrected chi connectivity index (χ2v) is 6.28. The highest BCUT2D eigenvalue weighted by Crippen LogP contribution is 2.28. The lowest BCUT2D eigenvalue weighted by Gasteiger charge is -2.26. The minimum atomic E-state index is 0.0408. The van der Waals surface area contributed by atoms with Gasteiger partial charge in [0.15, 0.2) is 0 Å². The molecular weight excluding hydrogens is 322 g/mol. The summed E-state index contributed by atoms with van der Waals surface area (Å²) in [6, 6.07) is 11.0. The molecule has 1 amide bonds. The number of nitrogens with zero attached hydrogens (tertiary/aromatic N) is 2. The van der Waals surface area contributed by atoms with Crippen molar-refractivity contribution in [3.63, 3.8) is 0 Å². The molecule has 0 unspecified atom stereocenters. The molecule has 1 N–H and O–H groups in total. The van der Waals surface area contributed by atoms with Crippen molar-refractivity contribution in [1.82, 2.24) is 14.9 Å². The average molecular weight is 338 g/mol. The van der Waals surface area contributed by atoms with Crippen LogP contribution in [0.4, 0.5) is 0 Å². The molecule has 0 bridgehead atoms. The van der Waals surface area contributed by atoms with Crippen LogP contribution in [0.15, 0.2) is 54.9 Å². The van der Waals surface area contributed by atoms with Gasteiger partial charge in [-0.25, -0.2) is 0 Å². The molecule has 24 heavy (non-hydrogen) atoms. The van der Waals surface area contributed by atoms with Crippen LogP contribution in [0.1, 0.15) is 22.3 Å². The topological polar surface area (TPSA) is 49.0 Å². The minimum absolute atomic E-state index is 0.0408. The molecule has 1 aliphatic rings. The lowest BCUT2D eigenvalue weighted by atomic mass is 10.0. The smallest absolute Gasteiger partial charge is 0.254 e. The fourth-order valence-corrected chi connectivity index (χ4v) is 3.20. The average Bonchev–Trinajstić information content (AvgIpc) is 3.06. The summed E-state index contributed by atoms with van der Waals surface area (Å²) in [7, 11) is 0. The van der Waals surface area contributed by atoms with E-state index < -0.39 is 0 Å². The Hall–Kier alpha value is -2.59.